The molecule has 0 saturated carbocycles. The molecule has 0 aromatic heterocycles. The zero-order chi connectivity index (χ0) is 30.1. The van der Waals surface area contributed by atoms with E-state index < -0.39 is 11.9 Å². The van der Waals surface area contributed by atoms with Gasteiger partial charge < -0.3 is 19.2 Å². The van der Waals surface area contributed by atoms with Crippen LogP contribution in [0.4, 0.5) is 0 Å². The molecular formula is C34H70N2O4+2. The average Bonchev–Trinajstić information content (AvgIpc) is 2.85. The number of carboxylic acid groups (broad SMARTS) is 2. The Bertz CT molecular complexity index is 616. The molecule has 6 nitrogen and oxygen atoms in total. The molecular weight excluding hydrogens is 500 g/mol. The molecule has 0 aromatic rings. The van der Waals surface area contributed by atoms with E-state index in [-0.39, 0.29) is 6.04 Å². The molecule has 40 heavy (non-hydrogen) atoms. The molecule has 0 saturated heterocycles. The summed E-state index contributed by atoms with van der Waals surface area (Å²) in [5.41, 5.74) is 0. The molecule has 1 atom stereocenters. The van der Waals surface area contributed by atoms with E-state index in [9.17, 15) is 14.7 Å². The maximum atomic E-state index is 11.4. The molecule has 0 rings (SSSR count). The standard InChI is InChI=1S/C34H68N2O4/c1-35(2,3)32(34(39)40)28-24-20-16-12-10-8-6-7-9-11-14-18-22-26-30-36(4,5)31-27-23-19-15-13-17-21-25-29-33(37)38/h32H,6-31H2,1-5H3/p+2. The van der Waals surface area contributed by atoms with Gasteiger partial charge in [0.05, 0.1) is 48.3 Å². The fourth-order valence-electron chi connectivity index (χ4n) is 5.83. The molecule has 0 heterocycles. The SMILES string of the molecule is C[N+](C)(CCCCCCCCCCCCCCCCC(C(=O)O)[N+](C)(C)C)CCCCCCCCCCC(=O)O. The first-order valence-electron chi connectivity index (χ1n) is 17.0. The van der Waals surface area contributed by atoms with Crippen LogP contribution in [0.15, 0.2) is 0 Å². The molecule has 6 heteroatoms. The first-order chi connectivity index (χ1) is 19.0. The summed E-state index contributed by atoms with van der Waals surface area (Å²) in [6, 6.07) is -0.279. The minimum absolute atomic E-state index is 0.279. The summed E-state index contributed by atoms with van der Waals surface area (Å²) in [6.07, 6.45) is 29.3. The first-order valence-corrected chi connectivity index (χ1v) is 17.0. The summed E-state index contributed by atoms with van der Waals surface area (Å²) in [5.74, 6) is -1.33. The van der Waals surface area contributed by atoms with Crippen molar-refractivity contribution in [2.45, 2.75) is 160 Å². The predicted octanol–water partition coefficient (Wildman–Crippen LogP) is 8.67. The van der Waals surface area contributed by atoms with E-state index in [1.165, 1.54) is 135 Å². The fourth-order valence-corrected chi connectivity index (χ4v) is 5.83. The molecule has 0 spiro atoms. The Labute approximate surface area is 249 Å². The van der Waals surface area contributed by atoms with Gasteiger partial charge in [0, 0.05) is 12.8 Å². The second-order valence-electron chi connectivity index (χ2n) is 14.1. The van der Waals surface area contributed by atoms with Gasteiger partial charge in [0.2, 0.25) is 0 Å². The number of carboxylic acids is 2. The van der Waals surface area contributed by atoms with Crippen molar-refractivity contribution in [1.29, 1.82) is 0 Å². The van der Waals surface area contributed by atoms with Crippen LogP contribution < -0.4 is 0 Å². The molecule has 238 valence electrons. The Morgan fingerprint density at radius 1 is 0.475 bits per heavy atom. The highest BCUT2D eigenvalue weighted by Crippen LogP contribution is 2.17. The number of likely N-dealkylation sites (N-methyl/N-ethyl adjacent to an activating group) is 1. The first kappa shape index (κ1) is 38.9. The molecule has 0 bridgehead atoms. The second kappa shape index (κ2) is 24.5. The third-order valence-electron chi connectivity index (χ3n) is 8.62. The Morgan fingerprint density at radius 3 is 1.07 bits per heavy atom. The summed E-state index contributed by atoms with van der Waals surface area (Å²) in [7, 11) is 10.7. The van der Waals surface area contributed by atoms with Gasteiger partial charge in [-0.3, -0.25) is 4.79 Å². The Morgan fingerprint density at radius 2 is 0.775 bits per heavy atom. The molecule has 0 radical (unpaired) electrons. The van der Waals surface area contributed by atoms with Crippen LogP contribution >= 0.6 is 0 Å². The van der Waals surface area contributed by atoms with Gasteiger partial charge in [-0.25, -0.2) is 4.79 Å². The van der Waals surface area contributed by atoms with Crippen LogP contribution in [0.1, 0.15) is 154 Å². The fraction of sp³-hybridized carbons (Fsp3) is 0.941. The van der Waals surface area contributed by atoms with Crippen LogP contribution in [-0.2, 0) is 9.59 Å². The van der Waals surface area contributed by atoms with Gasteiger partial charge in [0.25, 0.3) is 0 Å². The van der Waals surface area contributed by atoms with Crippen LogP contribution in [0.2, 0.25) is 0 Å². The lowest BCUT2D eigenvalue weighted by molar-refractivity contribution is -0.890. The van der Waals surface area contributed by atoms with Gasteiger partial charge in [-0.05, 0) is 38.5 Å². The van der Waals surface area contributed by atoms with E-state index in [1.807, 2.05) is 21.1 Å². The van der Waals surface area contributed by atoms with E-state index in [4.69, 9.17) is 5.11 Å². The minimum Gasteiger partial charge on any atom is -0.481 e. The Hall–Kier alpha value is -1.14. The van der Waals surface area contributed by atoms with E-state index >= 15 is 0 Å². The average molecular weight is 571 g/mol. The summed E-state index contributed by atoms with van der Waals surface area (Å²) < 4.78 is 1.67. The van der Waals surface area contributed by atoms with Crippen molar-refractivity contribution in [2.75, 3.05) is 48.3 Å². The number of quaternary nitrogens is 2. The number of nitrogens with zero attached hydrogens (tertiary/aromatic N) is 2. The van der Waals surface area contributed by atoms with Gasteiger partial charge in [-0.15, -0.1) is 0 Å². The normalized spacial score (nSPS) is 13.0. The predicted molar refractivity (Wildman–Crippen MR) is 170 cm³/mol. The third kappa shape index (κ3) is 25.8. The molecule has 0 aliphatic rings. The monoisotopic (exact) mass is 571 g/mol. The van der Waals surface area contributed by atoms with Crippen LogP contribution in [0.3, 0.4) is 0 Å². The van der Waals surface area contributed by atoms with Gasteiger partial charge in [-0.2, -0.15) is 0 Å². The summed E-state index contributed by atoms with van der Waals surface area (Å²) in [6.45, 7) is 2.60. The van der Waals surface area contributed by atoms with Crippen molar-refractivity contribution in [3.8, 4) is 0 Å². The van der Waals surface area contributed by atoms with Crippen LogP contribution in [0, 0.1) is 0 Å². The van der Waals surface area contributed by atoms with E-state index in [2.05, 4.69) is 14.1 Å². The van der Waals surface area contributed by atoms with Gasteiger partial charge in [-0.1, -0.05) is 103 Å². The van der Waals surface area contributed by atoms with Crippen molar-refractivity contribution in [2.24, 2.45) is 0 Å². The molecule has 0 amide bonds. The maximum Gasteiger partial charge on any atom is 0.362 e. The topological polar surface area (TPSA) is 74.6 Å². The number of unbranched alkanes of at least 4 members (excludes halogenated alkanes) is 20. The van der Waals surface area contributed by atoms with Gasteiger partial charge >= 0.3 is 11.9 Å². The second-order valence-corrected chi connectivity index (χ2v) is 14.1. The zero-order valence-corrected chi connectivity index (χ0v) is 27.6. The molecule has 0 aliphatic heterocycles. The lowest BCUT2D eigenvalue weighted by Crippen LogP contribution is -2.49. The van der Waals surface area contributed by atoms with Crippen molar-refractivity contribution in [3.05, 3.63) is 0 Å². The van der Waals surface area contributed by atoms with E-state index in [1.54, 1.807) is 0 Å². The van der Waals surface area contributed by atoms with Crippen LogP contribution in [-0.4, -0.2) is 85.5 Å². The number of hydrogen-bond acceptors (Lipinski definition) is 2. The number of carbonyl (C=O) groups is 2. The lowest BCUT2D eigenvalue weighted by Gasteiger charge is -2.31. The van der Waals surface area contributed by atoms with Crippen molar-refractivity contribution in [1.82, 2.24) is 0 Å². The molecule has 0 aromatic carbocycles. The quantitative estimate of drug-likeness (QED) is 0.0669. The molecule has 1 unspecified atom stereocenters. The van der Waals surface area contributed by atoms with Crippen molar-refractivity contribution >= 4 is 11.9 Å². The largest absolute Gasteiger partial charge is 0.481 e. The maximum absolute atomic E-state index is 11.4. The highest BCUT2D eigenvalue weighted by molar-refractivity contribution is 5.72. The lowest BCUT2D eigenvalue weighted by atomic mass is 10.0. The van der Waals surface area contributed by atoms with Gasteiger partial charge in [0.1, 0.15) is 0 Å². The molecule has 0 aliphatic carbocycles. The Kier molecular flexibility index (Phi) is 23.8. The number of hydrogen-bond donors (Lipinski definition) is 2. The van der Waals surface area contributed by atoms with E-state index in [0.717, 1.165) is 30.2 Å². The molecule has 0 fully saturated rings. The van der Waals surface area contributed by atoms with Crippen LogP contribution in [0.25, 0.3) is 0 Å². The highest BCUT2D eigenvalue weighted by atomic mass is 16.4. The highest BCUT2D eigenvalue weighted by Gasteiger charge is 2.30. The summed E-state index contributed by atoms with van der Waals surface area (Å²) in [4.78, 5) is 21.9. The minimum atomic E-state index is -0.663. The number of rotatable bonds is 30. The molecule has 2 N–H and O–H groups in total. The Balaban J connectivity index is 3.41. The van der Waals surface area contributed by atoms with Crippen molar-refractivity contribution < 1.29 is 28.8 Å². The smallest absolute Gasteiger partial charge is 0.362 e. The van der Waals surface area contributed by atoms with Gasteiger partial charge in [0.15, 0.2) is 6.04 Å². The number of aliphatic carboxylic acids is 2. The summed E-state index contributed by atoms with van der Waals surface area (Å²) in [5, 5.41) is 18.1. The summed E-state index contributed by atoms with van der Waals surface area (Å²) >= 11 is 0. The van der Waals surface area contributed by atoms with Crippen LogP contribution in [0.5, 0.6) is 0 Å². The third-order valence-corrected chi connectivity index (χ3v) is 8.62. The van der Waals surface area contributed by atoms with Crippen molar-refractivity contribution in [3.63, 3.8) is 0 Å². The zero-order valence-electron chi connectivity index (χ0n) is 27.6. The van der Waals surface area contributed by atoms with E-state index in [0.29, 0.717) is 10.9 Å².